The Hall–Kier alpha value is -0.570. The van der Waals surface area contributed by atoms with E-state index in [9.17, 15) is 4.79 Å². The highest BCUT2D eigenvalue weighted by Gasteiger charge is 2.28. The van der Waals surface area contributed by atoms with Crippen molar-refractivity contribution >= 4 is 5.91 Å². The van der Waals surface area contributed by atoms with Gasteiger partial charge in [0, 0.05) is 19.1 Å². The number of rotatable bonds is 6. The third-order valence-corrected chi connectivity index (χ3v) is 3.91. The second-order valence-electron chi connectivity index (χ2n) is 5.14. The molecule has 1 aliphatic carbocycles. The Bertz CT molecular complexity index is 224. The summed E-state index contributed by atoms with van der Waals surface area (Å²) < 4.78 is 0. The van der Waals surface area contributed by atoms with E-state index in [-0.39, 0.29) is 5.92 Å². The lowest BCUT2D eigenvalue weighted by molar-refractivity contribution is -0.138. The van der Waals surface area contributed by atoms with Gasteiger partial charge in [-0.3, -0.25) is 4.79 Å². The maximum Gasteiger partial charge on any atom is 0.227 e. The monoisotopic (exact) mass is 240 g/mol. The van der Waals surface area contributed by atoms with Crippen LogP contribution in [-0.2, 0) is 4.79 Å². The van der Waals surface area contributed by atoms with E-state index in [0.717, 1.165) is 19.4 Å². The molecule has 0 aromatic heterocycles. The zero-order valence-electron chi connectivity index (χ0n) is 11.5. The van der Waals surface area contributed by atoms with Gasteiger partial charge in [0.15, 0.2) is 0 Å². The Balaban J connectivity index is 2.60. The van der Waals surface area contributed by atoms with Crippen LogP contribution in [0.2, 0.25) is 0 Å². The summed E-state index contributed by atoms with van der Waals surface area (Å²) in [5.74, 6) is 0.339. The molecule has 0 spiro atoms. The molecule has 1 amide bonds. The first kappa shape index (κ1) is 14.5. The van der Waals surface area contributed by atoms with Crippen molar-refractivity contribution in [2.45, 2.75) is 64.8 Å². The van der Waals surface area contributed by atoms with Gasteiger partial charge in [0.2, 0.25) is 5.91 Å². The molecule has 0 heterocycles. The second-order valence-corrected chi connectivity index (χ2v) is 5.14. The van der Waals surface area contributed by atoms with Gasteiger partial charge in [-0.2, -0.15) is 0 Å². The van der Waals surface area contributed by atoms with E-state index >= 15 is 0 Å². The molecule has 1 rings (SSSR count). The second kappa shape index (κ2) is 7.70. The molecule has 0 aliphatic heterocycles. The number of nitrogens with zero attached hydrogens (tertiary/aromatic N) is 1. The first-order valence-electron chi connectivity index (χ1n) is 7.25. The first-order chi connectivity index (χ1) is 8.24. The van der Waals surface area contributed by atoms with E-state index in [4.69, 9.17) is 5.73 Å². The number of nitrogens with two attached hydrogens (primary N) is 1. The fraction of sp³-hybridized carbons (Fsp3) is 0.929. The van der Waals surface area contributed by atoms with Crippen molar-refractivity contribution in [3.05, 3.63) is 0 Å². The first-order valence-corrected chi connectivity index (χ1v) is 7.25. The molecule has 1 fully saturated rings. The van der Waals surface area contributed by atoms with Crippen LogP contribution in [0, 0.1) is 5.92 Å². The molecule has 3 heteroatoms. The summed E-state index contributed by atoms with van der Waals surface area (Å²) in [5, 5.41) is 0. The van der Waals surface area contributed by atoms with Crippen molar-refractivity contribution in [1.82, 2.24) is 4.90 Å². The molecule has 17 heavy (non-hydrogen) atoms. The maximum absolute atomic E-state index is 12.4. The topological polar surface area (TPSA) is 46.3 Å². The Morgan fingerprint density at radius 3 is 2.41 bits per heavy atom. The van der Waals surface area contributed by atoms with Crippen molar-refractivity contribution < 1.29 is 4.79 Å². The SMILES string of the molecule is CCCC(CN)C(=O)N(CC)C1CCCCC1. The van der Waals surface area contributed by atoms with Crippen LogP contribution in [0.4, 0.5) is 0 Å². The third kappa shape index (κ3) is 3.98. The fourth-order valence-corrected chi connectivity index (χ4v) is 2.91. The molecule has 0 aromatic rings. The average Bonchev–Trinajstić information content (AvgIpc) is 2.38. The van der Waals surface area contributed by atoms with Gasteiger partial charge in [-0.05, 0) is 26.2 Å². The Morgan fingerprint density at radius 1 is 1.29 bits per heavy atom. The van der Waals surface area contributed by atoms with Crippen LogP contribution in [0.15, 0.2) is 0 Å². The van der Waals surface area contributed by atoms with Crippen LogP contribution in [0.25, 0.3) is 0 Å². The standard InChI is InChI=1S/C14H28N2O/c1-3-8-12(11-15)14(17)16(4-2)13-9-6-5-7-10-13/h12-13H,3-11,15H2,1-2H3. The van der Waals surface area contributed by atoms with E-state index < -0.39 is 0 Å². The minimum Gasteiger partial charge on any atom is -0.340 e. The Labute approximate surface area is 106 Å². The van der Waals surface area contributed by atoms with Crippen LogP contribution in [0.5, 0.6) is 0 Å². The van der Waals surface area contributed by atoms with Crippen molar-refractivity contribution in [3.63, 3.8) is 0 Å². The summed E-state index contributed by atoms with van der Waals surface area (Å²) >= 11 is 0. The number of hydrogen-bond acceptors (Lipinski definition) is 2. The number of hydrogen-bond donors (Lipinski definition) is 1. The molecule has 1 saturated carbocycles. The van der Waals surface area contributed by atoms with Crippen LogP contribution < -0.4 is 5.73 Å². The fourth-order valence-electron chi connectivity index (χ4n) is 2.91. The van der Waals surface area contributed by atoms with Crippen molar-refractivity contribution in [2.75, 3.05) is 13.1 Å². The highest BCUT2D eigenvalue weighted by molar-refractivity contribution is 5.79. The molecule has 0 saturated heterocycles. The van der Waals surface area contributed by atoms with Gasteiger partial charge < -0.3 is 10.6 Å². The summed E-state index contributed by atoms with van der Waals surface area (Å²) in [7, 11) is 0. The quantitative estimate of drug-likeness (QED) is 0.775. The lowest BCUT2D eigenvalue weighted by atomic mass is 9.92. The summed E-state index contributed by atoms with van der Waals surface area (Å²) in [6.07, 6.45) is 8.21. The normalized spacial score (nSPS) is 19.0. The zero-order valence-corrected chi connectivity index (χ0v) is 11.5. The minimum atomic E-state index is 0.0434. The maximum atomic E-state index is 12.4. The largest absolute Gasteiger partial charge is 0.340 e. The molecular weight excluding hydrogens is 212 g/mol. The lowest BCUT2D eigenvalue weighted by Crippen LogP contribution is -2.46. The molecule has 0 aromatic carbocycles. The summed E-state index contributed by atoms with van der Waals surface area (Å²) in [6.45, 7) is 5.54. The number of amides is 1. The van der Waals surface area contributed by atoms with Crippen molar-refractivity contribution in [1.29, 1.82) is 0 Å². The molecule has 3 nitrogen and oxygen atoms in total. The van der Waals surface area contributed by atoms with E-state index in [1.54, 1.807) is 0 Å². The van der Waals surface area contributed by atoms with Crippen LogP contribution in [0.1, 0.15) is 58.8 Å². The molecule has 0 bridgehead atoms. The summed E-state index contributed by atoms with van der Waals surface area (Å²) in [5.41, 5.74) is 5.73. The van der Waals surface area contributed by atoms with Crippen LogP contribution in [0.3, 0.4) is 0 Å². The van der Waals surface area contributed by atoms with Gasteiger partial charge in [0.1, 0.15) is 0 Å². The van der Waals surface area contributed by atoms with Gasteiger partial charge in [0.05, 0.1) is 5.92 Å². The van der Waals surface area contributed by atoms with Crippen molar-refractivity contribution in [2.24, 2.45) is 11.7 Å². The predicted octanol–water partition coefficient (Wildman–Crippen LogP) is 2.54. The highest BCUT2D eigenvalue weighted by Crippen LogP contribution is 2.24. The van der Waals surface area contributed by atoms with Gasteiger partial charge in [-0.25, -0.2) is 0 Å². The highest BCUT2D eigenvalue weighted by atomic mass is 16.2. The predicted molar refractivity (Wildman–Crippen MR) is 71.7 cm³/mol. The molecular formula is C14H28N2O. The summed E-state index contributed by atoms with van der Waals surface area (Å²) in [4.78, 5) is 14.5. The molecule has 0 radical (unpaired) electrons. The van der Waals surface area contributed by atoms with E-state index in [0.29, 0.717) is 18.5 Å². The van der Waals surface area contributed by atoms with E-state index in [1.165, 1.54) is 32.1 Å². The number of carbonyl (C=O) groups excluding carboxylic acids is 1. The molecule has 1 atom stereocenters. The Kier molecular flexibility index (Phi) is 6.56. The van der Waals surface area contributed by atoms with Crippen LogP contribution >= 0.6 is 0 Å². The van der Waals surface area contributed by atoms with Gasteiger partial charge in [-0.1, -0.05) is 32.6 Å². The lowest BCUT2D eigenvalue weighted by Gasteiger charge is -2.35. The van der Waals surface area contributed by atoms with E-state index in [1.807, 2.05) is 0 Å². The molecule has 1 unspecified atom stereocenters. The third-order valence-electron chi connectivity index (χ3n) is 3.91. The minimum absolute atomic E-state index is 0.0434. The van der Waals surface area contributed by atoms with Gasteiger partial charge in [-0.15, -0.1) is 0 Å². The average molecular weight is 240 g/mol. The van der Waals surface area contributed by atoms with E-state index in [2.05, 4.69) is 18.7 Å². The summed E-state index contributed by atoms with van der Waals surface area (Å²) in [6, 6.07) is 0.479. The molecule has 100 valence electrons. The molecule has 2 N–H and O–H groups in total. The zero-order chi connectivity index (χ0) is 12.7. The smallest absolute Gasteiger partial charge is 0.227 e. The molecule has 1 aliphatic rings. The number of carbonyl (C=O) groups is 1. The van der Waals surface area contributed by atoms with Crippen LogP contribution in [-0.4, -0.2) is 29.9 Å². The van der Waals surface area contributed by atoms with Gasteiger partial charge in [0.25, 0.3) is 0 Å². The van der Waals surface area contributed by atoms with Gasteiger partial charge >= 0.3 is 0 Å². The van der Waals surface area contributed by atoms with Crippen molar-refractivity contribution in [3.8, 4) is 0 Å². The Morgan fingerprint density at radius 2 is 1.94 bits per heavy atom.